The van der Waals surface area contributed by atoms with Gasteiger partial charge in [-0.3, -0.25) is 0 Å². The number of rotatable bonds is 0. The zero-order valence-electron chi connectivity index (χ0n) is 8.10. The van der Waals surface area contributed by atoms with Gasteiger partial charge < -0.3 is 10.8 Å². The van der Waals surface area contributed by atoms with E-state index in [9.17, 15) is 0 Å². The predicted octanol–water partition coefficient (Wildman–Crippen LogP) is 3.31. The van der Waals surface area contributed by atoms with Gasteiger partial charge in [-0.2, -0.15) is 0 Å². The third-order valence-corrected chi connectivity index (χ3v) is 1.84. The van der Waals surface area contributed by atoms with Crippen LogP contribution in [0.3, 0.4) is 0 Å². The lowest BCUT2D eigenvalue weighted by atomic mass is 10.3. The van der Waals surface area contributed by atoms with E-state index in [0.717, 1.165) is 0 Å². The molecule has 3 N–H and O–H groups in total. The van der Waals surface area contributed by atoms with Gasteiger partial charge in [-0.1, -0.05) is 35.9 Å². The summed E-state index contributed by atoms with van der Waals surface area (Å²) < 4.78 is 0. The molecule has 2 rings (SSSR count). The van der Waals surface area contributed by atoms with E-state index in [-0.39, 0.29) is 0 Å². The molecule has 0 amide bonds. The quantitative estimate of drug-likeness (QED) is 0.671. The Morgan fingerprint density at radius 1 is 0.933 bits per heavy atom. The number of hydrogen-bond donors (Lipinski definition) is 2. The highest BCUT2D eigenvalue weighted by Gasteiger charge is 1.83. The summed E-state index contributed by atoms with van der Waals surface area (Å²) in [5, 5.41) is 9.32. The maximum absolute atomic E-state index is 8.63. The van der Waals surface area contributed by atoms with Crippen LogP contribution in [0.1, 0.15) is 0 Å². The van der Waals surface area contributed by atoms with E-state index in [1.54, 1.807) is 42.5 Å². The molecule has 0 unspecified atom stereocenters. The molecule has 0 bridgehead atoms. The van der Waals surface area contributed by atoms with Gasteiger partial charge in [0.1, 0.15) is 5.75 Å². The van der Waals surface area contributed by atoms with Crippen molar-refractivity contribution in [3.63, 3.8) is 0 Å². The van der Waals surface area contributed by atoms with E-state index in [4.69, 9.17) is 22.4 Å². The van der Waals surface area contributed by atoms with Crippen LogP contribution < -0.4 is 5.73 Å². The average Bonchev–Trinajstić information content (AvgIpc) is 2.19. The lowest BCUT2D eigenvalue weighted by Crippen LogP contribution is -1.80. The Morgan fingerprint density at radius 3 is 1.93 bits per heavy atom. The Kier molecular flexibility index (Phi) is 4.51. The Hall–Kier alpha value is -1.67. The largest absolute Gasteiger partial charge is 0.508 e. The van der Waals surface area contributed by atoms with Crippen LogP contribution in [0, 0.1) is 0 Å². The third kappa shape index (κ3) is 4.93. The molecule has 2 aromatic rings. The van der Waals surface area contributed by atoms with E-state index >= 15 is 0 Å². The first-order valence-corrected chi connectivity index (χ1v) is 4.81. The molecule has 78 valence electrons. The van der Waals surface area contributed by atoms with Gasteiger partial charge >= 0.3 is 0 Å². The zero-order valence-corrected chi connectivity index (χ0v) is 8.85. The molecule has 0 fully saturated rings. The fourth-order valence-corrected chi connectivity index (χ4v) is 1.13. The van der Waals surface area contributed by atoms with Gasteiger partial charge in [0.25, 0.3) is 0 Å². The Balaban J connectivity index is 0.000000151. The van der Waals surface area contributed by atoms with Gasteiger partial charge in [0.2, 0.25) is 0 Å². The van der Waals surface area contributed by atoms with E-state index in [1.807, 2.05) is 12.1 Å². The molecule has 3 heteroatoms. The van der Waals surface area contributed by atoms with Crippen molar-refractivity contribution < 1.29 is 5.11 Å². The second-order valence-electron chi connectivity index (χ2n) is 2.89. The van der Waals surface area contributed by atoms with E-state index in [1.165, 1.54) is 0 Å². The van der Waals surface area contributed by atoms with Crippen molar-refractivity contribution in [2.24, 2.45) is 0 Å². The van der Waals surface area contributed by atoms with Crippen LogP contribution in [0.2, 0.25) is 5.02 Å². The van der Waals surface area contributed by atoms with Crippen molar-refractivity contribution in [1.82, 2.24) is 0 Å². The highest BCUT2D eigenvalue weighted by atomic mass is 35.5. The summed E-state index contributed by atoms with van der Waals surface area (Å²) in [6.45, 7) is 0. The second kappa shape index (κ2) is 5.94. The Bertz CT molecular complexity index is 386. The molecule has 0 saturated carbocycles. The van der Waals surface area contributed by atoms with Gasteiger partial charge in [0, 0.05) is 10.7 Å². The number of para-hydroxylation sites is 1. The number of benzene rings is 2. The number of nitrogens with two attached hydrogens (primary N) is 1. The van der Waals surface area contributed by atoms with Crippen LogP contribution in [0.25, 0.3) is 0 Å². The van der Waals surface area contributed by atoms with Gasteiger partial charge in [-0.25, -0.2) is 0 Å². The molecule has 2 aromatic carbocycles. The monoisotopic (exact) mass is 221 g/mol. The first-order chi connectivity index (χ1) is 7.18. The number of anilines is 1. The van der Waals surface area contributed by atoms with Crippen molar-refractivity contribution in [3.8, 4) is 5.75 Å². The smallest absolute Gasteiger partial charge is 0.115 e. The third-order valence-electron chi connectivity index (χ3n) is 1.60. The number of nitrogen functional groups attached to an aromatic ring is 1. The molecule has 0 aliphatic heterocycles. The van der Waals surface area contributed by atoms with Crippen LogP contribution in [-0.2, 0) is 0 Å². The van der Waals surface area contributed by atoms with E-state index in [2.05, 4.69) is 0 Å². The van der Waals surface area contributed by atoms with Crippen LogP contribution >= 0.6 is 11.6 Å². The molecule has 0 spiro atoms. The number of phenols is 1. The molecule has 15 heavy (non-hydrogen) atoms. The van der Waals surface area contributed by atoms with Gasteiger partial charge in [-0.05, 0) is 30.3 Å². The van der Waals surface area contributed by atoms with Crippen molar-refractivity contribution in [2.45, 2.75) is 0 Å². The lowest BCUT2D eigenvalue weighted by Gasteiger charge is -1.89. The molecule has 0 aromatic heterocycles. The summed E-state index contributed by atoms with van der Waals surface area (Å²) in [5.41, 5.74) is 6.08. The second-order valence-corrected chi connectivity index (χ2v) is 3.33. The normalized spacial score (nSPS) is 8.87. The zero-order chi connectivity index (χ0) is 11.1. The van der Waals surface area contributed by atoms with Crippen molar-refractivity contribution >= 4 is 17.3 Å². The van der Waals surface area contributed by atoms with Crippen LogP contribution in [0.4, 0.5) is 5.69 Å². The fraction of sp³-hybridized carbons (Fsp3) is 0. The highest BCUT2D eigenvalue weighted by Crippen LogP contribution is 2.10. The first-order valence-electron chi connectivity index (χ1n) is 4.43. The van der Waals surface area contributed by atoms with Crippen molar-refractivity contribution in [2.75, 3.05) is 5.73 Å². The van der Waals surface area contributed by atoms with E-state index in [0.29, 0.717) is 16.5 Å². The molecular weight excluding hydrogens is 210 g/mol. The first kappa shape index (κ1) is 11.4. The molecule has 0 heterocycles. The maximum atomic E-state index is 8.63. The van der Waals surface area contributed by atoms with Gasteiger partial charge in [0.05, 0.1) is 0 Å². The number of hydrogen-bond acceptors (Lipinski definition) is 2. The fourth-order valence-electron chi connectivity index (χ4n) is 0.935. The summed E-state index contributed by atoms with van der Waals surface area (Å²) in [7, 11) is 0. The van der Waals surface area contributed by atoms with Gasteiger partial charge in [0.15, 0.2) is 0 Å². The molecule has 0 atom stereocenters. The summed E-state index contributed by atoms with van der Waals surface area (Å²) in [5.74, 6) is 0.322. The SMILES string of the molecule is Nc1cccc(Cl)c1.Oc1ccccc1. The maximum Gasteiger partial charge on any atom is 0.115 e. The van der Waals surface area contributed by atoms with Crippen LogP contribution in [-0.4, -0.2) is 5.11 Å². The van der Waals surface area contributed by atoms with Crippen molar-refractivity contribution in [1.29, 1.82) is 0 Å². The Morgan fingerprint density at radius 2 is 1.60 bits per heavy atom. The summed E-state index contributed by atoms with van der Waals surface area (Å²) in [6.07, 6.45) is 0. The molecule has 0 radical (unpaired) electrons. The molecule has 0 aliphatic rings. The number of halogens is 1. The minimum absolute atomic E-state index is 0.322. The van der Waals surface area contributed by atoms with E-state index < -0.39 is 0 Å². The van der Waals surface area contributed by atoms with Crippen LogP contribution in [0.5, 0.6) is 5.75 Å². The topological polar surface area (TPSA) is 46.2 Å². The number of phenolic OH excluding ortho intramolecular Hbond substituents is 1. The van der Waals surface area contributed by atoms with Crippen molar-refractivity contribution in [3.05, 3.63) is 59.6 Å². The lowest BCUT2D eigenvalue weighted by molar-refractivity contribution is 0.475. The number of aromatic hydroxyl groups is 1. The highest BCUT2D eigenvalue weighted by molar-refractivity contribution is 6.30. The summed E-state index contributed by atoms with van der Waals surface area (Å²) >= 11 is 5.56. The molecule has 0 aliphatic carbocycles. The predicted molar refractivity (Wildman–Crippen MR) is 64.0 cm³/mol. The average molecular weight is 222 g/mol. The summed E-state index contributed by atoms with van der Waals surface area (Å²) in [6, 6.07) is 15.8. The van der Waals surface area contributed by atoms with Crippen LogP contribution in [0.15, 0.2) is 54.6 Å². The van der Waals surface area contributed by atoms with Gasteiger partial charge in [-0.15, -0.1) is 0 Å². The molecule has 0 saturated heterocycles. The molecular formula is C12H12ClNO. The minimum atomic E-state index is 0.322. The Labute approximate surface area is 93.9 Å². The minimum Gasteiger partial charge on any atom is -0.508 e. The standard InChI is InChI=1S/C6H6ClN.C6H6O/c7-5-2-1-3-6(8)4-5;7-6-4-2-1-3-5-6/h1-4H,8H2;1-5,7H. The molecule has 2 nitrogen and oxygen atoms in total. The summed E-state index contributed by atoms with van der Waals surface area (Å²) in [4.78, 5) is 0.